The second-order valence-electron chi connectivity index (χ2n) is 6.40. The van der Waals surface area contributed by atoms with E-state index >= 15 is 0 Å². The molecule has 1 N–H and O–H groups in total. The van der Waals surface area contributed by atoms with E-state index in [0.717, 1.165) is 12.1 Å². The van der Waals surface area contributed by atoms with E-state index in [1.54, 1.807) is 18.2 Å². The summed E-state index contributed by atoms with van der Waals surface area (Å²) in [5, 5.41) is 2.52. The first-order valence-electron chi connectivity index (χ1n) is 8.66. The van der Waals surface area contributed by atoms with Crippen molar-refractivity contribution in [2.24, 2.45) is 4.40 Å². The van der Waals surface area contributed by atoms with Crippen LogP contribution in [0.25, 0.3) is 0 Å². The lowest BCUT2D eigenvalue weighted by Crippen LogP contribution is -2.38. The third-order valence-corrected chi connectivity index (χ3v) is 5.48. The lowest BCUT2D eigenvalue weighted by molar-refractivity contribution is -0.137. The highest BCUT2D eigenvalue weighted by Crippen LogP contribution is 2.29. The largest absolute Gasteiger partial charge is 0.416 e. The van der Waals surface area contributed by atoms with E-state index in [2.05, 4.69) is 21.6 Å². The van der Waals surface area contributed by atoms with Crippen LogP contribution >= 0.6 is 0 Å². The Morgan fingerprint density at radius 1 is 1.17 bits per heavy atom. The second kappa shape index (κ2) is 8.20. The molecular weight excluding hydrogens is 419 g/mol. The van der Waals surface area contributed by atoms with Crippen LogP contribution in [0.2, 0.25) is 0 Å². The normalized spacial score (nSPS) is 14.2. The van der Waals surface area contributed by atoms with Gasteiger partial charge in [-0.05, 0) is 30.3 Å². The second-order valence-corrected chi connectivity index (χ2v) is 7.97. The first-order chi connectivity index (χ1) is 14.1. The van der Waals surface area contributed by atoms with Crippen LogP contribution in [-0.4, -0.2) is 45.2 Å². The Balaban J connectivity index is 1.59. The minimum Gasteiger partial charge on any atom is -0.349 e. The van der Waals surface area contributed by atoms with Crippen LogP contribution in [0.15, 0.2) is 57.8 Å². The maximum absolute atomic E-state index is 12.7. The van der Waals surface area contributed by atoms with Gasteiger partial charge in [-0.2, -0.15) is 21.6 Å². The molecule has 0 fully saturated rings. The highest BCUT2D eigenvalue weighted by Gasteiger charge is 2.31. The molecule has 0 spiro atoms. The molecule has 2 aromatic carbocycles. The summed E-state index contributed by atoms with van der Waals surface area (Å²) in [7, 11) is -2.26. The number of likely N-dealkylation sites (N-methyl/N-ethyl adjacent to an activating group) is 1. The molecule has 156 valence electrons. The van der Waals surface area contributed by atoms with Gasteiger partial charge in [0.2, 0.25) is 5.91 Å². The van der Waals surface area contributed by atoms with Gasteiger partial charge in [0.1, 0.15) is 4.90 Å². The summed E-state index contributed by atoms with van der Waals surface area (Å²) in [6.07, 6.45) is -4.45. The minimum atomic E-state index is -4.45. The fourth-order valence-electron chi connectivity index (χ4n) is 2.77. The molecule has 2 aromatic rings. The van der Waals surface area contributed by atoms with Crippen molar-refractivity contribution < 1.29 is 26.4 Å². The van der Waals surface area contributed by atoms with Crippen LogP contribution in [0.5, 0.6) is 0 Å². The Labute approximate surface area is 171 Å². The van der Waals surface area contributed by atoms with E-state index in [0.29, 0.717) is 5.56 Å². The molecule has 1 aliphatic rings. The zero-order valence-corrected chi connectivity index (χ0v) is 16.5. The monoisotopic (exact) mass is 435 g/mol. The Kier molecular flexibility index (Phi) is 5.85. The summed E-state index contributed by atoms with van der Waals surface area (Å²) in [5.74, 6) is 4.87. The van der Waals surface area contributed by atoms with E-state index in [1.807, 2.05) is 0 Å². The van der Waals surface area contributed by atoms with E-state index < -0.39 is 27.7 Å². The molecule has 3 rings (SSSR count). The van der Waals surface area contributed by atoms with E-state index in [1.165, 1.54) is 30.1 Å². The number of fused-ring (bicyclic) bond motifs is 1. The van der Waals surface area contributed by atoms with Crippen molar-refractivity contribution in [2.75, 3.05) is 20.1 Å². The van der Waals surface area contributed by atoms with E-state index in [-0.39, 0.29) is 29.4 Å². The van der Waals surface area contributed by atoms with Gasteiger partial charge in [0.05, 0.1) is 18.7 Å². The third-order valence-electron chi connectivity index (χ3n) is 4.15. The maximum Gasteiger partial charge on any atom is 0.416 e. The molecule has 1 aliphatic heterocycles. The van der Waals surface area contributed by atoms with Crippen molar-refractivity contribution in [3.8, 4) is 11.8 Å². The first kappa shape index (κ1) is 21.4. The number of carbonyl (C=O) groups excluding carboxylic acids is 1. The van der Waals surface area contributed by atoms with Gasteiger partial charge in [0.25, 0.3) is 10.0 Å². The van der Waals surface area contributed by atoms with Gasteiger partial charge in [0, 0.05) is 18.2 Å². The number of alkyl halides is 3. The highest BCUT2D eigenvalue weighted by atomic mass is 32.2. The van der Waals surface area contributed by atoms with Crippen molar-refractivity contribution in [3.05, 3.63) is 65.2 Å². The zero-order valence-electron chi connectivity index (χ0n) is 15.7. The van der Waals surface area contributed by atoms with Crippen molar-refractivity contribution in [1.82, 2.24) is 10.2 Å². The Hall–Kier alpha value is -3.32. The first-order valence-corrected chi connectivity index (χ1v) is 10.1. The summed E-state index contributed by atoms with van der Waals surface area (Å²) in [5.41, 5.74) is -0.206. The molecule has 0 bridgehead atoms. The van der Waals surface area contributed by atoms with Crippen LogP contribution in [0.4, 0.5) is 13.2 Å². The Morgan fingerprint density at radius 2 is 1.90 bits per heavy atom. The average molecular weight is 435 g/mol. The number of carbonyl (C=O) groups is 1. The molecule has 0 aromatic heterocycles. The molecule has 6 nitrogen and oxygen atoms in total. The van der Waals surface area contributed by atoms with Crippen molar-refractivity contribution >= 4 is 21.8 Å². The molecule has 1 heterocycles. The summed E-state index contributed by atoms with van der Waals surface area (Å²) in [4.78, 5) is 13.6. The van der Waals surface area contributed by atoms with E-state index in [4.69, 9.17) is 0 Å². The van der Waals surface area contributed by atoms with Crippen LogP contribution in [0, 0.1) is 11.8 Å². The van der Waals surface area contributed by atoms with Gasteiger partial charge in [-0.1, -0.05) is 30.0 Å². The molecule has 0 atom stereocenters. The lowest BCUT2D eigenvalue weighted by Gasteiger charge is -2.18. The zero-order chi connectivity index (χ0) is 21.9. The van der Waals surface area contributed by atoms with Gasteiger partial charge < -0.3 is 10.2 Å². The summed E-state index contributed by atoms with van der Waals surface area (Å²) >= 11 is 0. The number of hydrogen-bond donors (Lipinski definition) is 1. The molecule has 0 saturated heterocycles. The number of benzene rings is 2. The molecule has 0 saturated carbocycles. The number of amidine groups is 1. The number of rotatable bonds is 3. The number of hydrogen-bond acceptors (Lipinski definition) is 4. The average Bonchev–Trinajstić information content (AvgIpc) is 2.96. The molecule has 0 radical (unpaired) electrons. The molecule has 10 heteroatoms. The van der Waals surface area contributed by atoms with Crippen LogP contribution in [-0.2, 0) is 21.0 Å². The predicted molar refractivity (Wildman–Crippen MR) is 104 cm³/mol. The van der Waals surface area contributed by atoms with Gasteiger partial charge >= 0.3 is 6.18 Å². The smallest absolute Gasteiger partial charge is 0.349 e. The number of nitrogens with one attached hydrogen (secondary N) is 1. The van der Waals surface area contributed by atoms with Crippen LogP contribution < -0.4 is 5.32 Å². The SMILES string of the molecule is CN(CC(=O)NCC#Cc1cccc(C(F)(F)F)c1)C1=NS(=O)(=O)c2ccccc21. The van der Waals surface area contributed by atoms with Crippen molar-refractivity contribution in [2.45, 2.75) is 11.1 Å². The summed E-state index contributed by atoms with van der Waals surface area (Å²) < 4.78 is 66.0. The van der Waals surface area contributed by atoms with Crippen molar-refractivity contribution in [3.63, 3.8) is 0 Å². The fraction of sp³-hybridized carbons (Fsp3) is 0.200. The molecule has 30 heavy (non-hydrogen) atoms. The van der Waals surface area contributed by atoms with Crippen LogP contribution in [0.1, 0.15) is 16.7 Å². The quantitative estimate of drug-likeness (QED) is 0.751. The van der Waals surface area contributed by atoms with Gasteiger partial charge in [-0.3, -0.25) is 4.79 Å². The highest BCUT2D eigenvalue weighted by molar-refractivity contribution is 7.90. The number of nitrogens with zero attached hydrogens (tertiary/aromatic N) is 2. The molecule has 0 unspecified atom stereocenters. The Morgan fingerprint density at radius 3 is 2.63 bits per heavy atom. The number of halogens is 3. The predicted octanol–water partition coefficient (Wildman–Crippen LogP) is 2.25. The maximum atomic E-state index is 12.7. The van der Waals surface area contributed by atoms with Gasteiger partial charge in [0.15, 0.2) is 5.84 Å². The Bertz CT molecular complexity index is 1180. The minimum absolute atomic E-state index is 0.0791. The standard InChI is InChI=1S/C20H16F3N3O3S/c1-26(19-16-9-2-3-10-17(16)30(28,29)25-19)13-18(27)24-11-5-7-14-6-4-8-15(12-14)20(21,22)23/h2-4,6,8-10,12H,11,13H2,1H3,(H,24,27). The molecular formula is C20H16F3N3O3S. The summed E-state index contributed by atoms with van der Waals surface area (Å²) in [6, 6.07) is 10.9. The third kappa shape index (κ3) is 4.80. The summed E-state index contributed by atoms with van der Waals surface area (Å²) in [6.45, 7) is -0.252. The number of sulfonamides is 1. The molecule has 0 aliphatic carbocycles. The lowest BCUT2D eigenvalue weighted by atomic mass is 10.1. The van der Waals surface area contributed by atoms with Gasteiger partial charge in [-0.25, -0.2) is 0 Å². The number of amides is 1. The van der Waals surface area contributed by atoms with E-state index in [9.17, 15) is 26.4 Å². The van der Waals surface area contributed by atoms with Crippen molar-refractivity contribution in [1.29, 1.82) is 0 Å². The van der Waals surface area contributed by atoms with Gasteiger partial charge in [-0.15, -0.1) is 4.40 Å². The fourth-order valence-corrected chi connectivity index (χ4v) is 4.02. The molecule has 1 amide bonds. The topological polar surface area (TPSA) is 78.8 Å². The van der Waals surface area contributed by atoms with Crippen LogP contribution in [0.3, 0.4) is 0 Å².